The minimum absolute atomic E-state index is 0.0311. The lowest BCUT2D eigenvalue weighted by atomic mass is 9.68. The Morgan fingerprint density at radius 3 is 2.15 bits per heavy atom. The van der Waals surface area contributed by atoms with Crippen LogP contribution < -0.4 is 0 Å². The second-order valence-corrected chi connectivity index (χ2v) is 8.87. The van der Waals surface area contributed by atoms with Gasteiger partial charge < -0.3 is 4.74 Å². The lowest BCUT2D eigenvalue weighted by Gasteiger charge is -2.40. The van der Waals surface area contributed by atoms with Gasteiger partial charge in [0, 0.05) is 6.42 Å². The molecule has 0 bridgehead atoms. The fourth-order valence-corrected chi connectivity index (χ4v) is 5.26. The van der Waals surface area contributed by atoms with E-state index in [1.165, 1.54) is 38.5 Å². The monoisotopic (exact) mass is 390 g/mol. The molecule has 3 saturated carbocycles. The Morgan fingerprint density at radius 2 is 1.56 bits per heavy atom. The van der Waals surface area contributed by atoms with Crippen LogP contribution in [0.2, 0.25) is 0 Å². The van der Waals surface area contributed by atoms with E-state index in [1.54, 1.807) is 5.92 Å². The van der Waals surface area contributed by atoms with Gasteiger partial charge in [0.1, 0.15) is 12.3 Å². The van der Waals surface area contributed by atoms with Gasteiger partial charge in [-0.2, -0.15) is 8.78 Å². The Bertz CT molecular complexity index is 442. The van der Waals surface area contributed by atoms with Gasteiger partial charge in [-0.05, 0) is 82.0 Å². The van der Waals surface area contributed by atoms with Crippen LogP contribution in [0.5, 0.6) is 0 Å². The fourth-order valence-electron chi connectivity index (χ4n) is 5.26. The maximum absolute atomic E-state index is 14.5. The Morgan fingerprint density at radius 1 is 0.889 bits per heavy atom. The van der Waals surface area contributed by atoms with Crippen LogP contribution in [0.1, 0.15) is 90.4 Å². The van der Waals surface area contributed by atoms with Crippen LogP contribution in [0.3, 0.4) is 0 Å². The van der Waals surface area contributed by atoms with Crippen LogP contribution in [0, 0.1) is 23.7 Å². The summed E-state index contributed by atoms with van der Waals surface area (Å²) in [5, 5.41) is 0. The van der Waals surface area contributed by atoms with E-state index in [4.69, 9.17) is 4.74 Å². The highest BCUT2D eigenvalue weighted by Gasteiger charge is 2.47. The molecular formula is C22H34F4O. The molecule has 2 radical (unpaired) electrons. The van der Waals surface area contributed by atoms with Gasteiger partial charge >= 0.3 is 6.11 Å². The van der Waals surface area contributed by atoms with E-state index in [0.29, 0.717) is 18.8 Å². The van der Waals surface area contributed by atoms with E-state index in [2.05, 4.69) is 6.92 Å². The molecule has 3 aliphatic carbocycles. The van der Waals surface area contributed by atoms with E-state index in [-0.39, 0.29) is 25.2 Å². The summed E-state index contributed by atoms with van der Waals surface area (Å²) in [6, 6.07) is 0. The summed E-state index contributed by atoms with van der Waals surface area (Å²) >= 11 is 0. The molecule has 0 aromatic rings. The molecule has 5 heteroatoms. The van der Waals surface area contributed by atoms with Crippen molar-refractivity contribution >= 4 is 0 Å². The summed E-state index contributed by atoms with van der Waals surface area (Å²) in [5.41, 5.74) is 0. The summed E-state index contributed by atoms with van der Waals surface area (Å²) in [5.74, 6) is 3.06. The molecule has 0 aromatic carbocycles. The second kappa shape index (κ2) is 9.45. The van der Waals surface area contributed by atoms with Crippen molar-refractivity contribution in [2.75, 3.05) is 0 Å². The molecule has 0 spiro atoms. The van der Waals surface area contributed by atoms with Crippen molar-refractivity contribution in [3.05, 3.63) is 11.8 Å². The van der Waals surface area contributed by atoms with Gasteiger partial charge in [-0.1, -0.05) is 19.8 Å². The molecule has 156 valence electrons. The van der Waals surface area contributed by atoms with Gasteiger partial charge in [0.05, 0.1) is 12.0 Å². The van der Waals surface area contributed by atoms with E-state index in [9.17, 15) is 17.6 Å². The highest BCUT2D eigenvalue weighted by Crippen LogP contribution is 2.48. The smallest absolute Gasteiger partial charge is 0.317 e. The molecule has 3 aliphatic rings. The molecule has 3 atom stereocenters. The van der Waals surface area contributed by atoms with Crippen LogP contribution >= 0.6 is 0 Å². The van der Waals surface area contributed by atoms with Crippen molar-refractivity contribution in [2.45, 2.75) is 115 Å². The zero-order valence-corrected chi connectivity index (χ0v) is 16.5. The van der Waals surface area contributed by atoms with Crippen molar-refractivity contribution in [3.63, 3.8) is 0 Å². The highest BCUT2D eigenvalue weighted by atomic mass is 19.3. The van der Waals surface area contributed by atoms with E-state index < -0.39 is 24.6 Å². The van der Waals surface area contributed by atoms with Crippen LogP contribution in [0.4, 0.5) is 17.6 Å². The maximum atomic E-state index is 14.5. The van der Waals surface area contributed by atoms with Crippen molar-refractivity contribution in [3.8, 4) is 0 Å². The zero-order chi connectivity index (χ0) is 19.4. The SMILES string of the molecule is CCCC1CC[C](C2CC[C](C(F)(F)OC3CCC(F)C(F)C3)CC2)CC1. The molecule has 3 rings (SSSR count). The van der Waals surface area contributed by atoms with E-state index in [1.807, 2.05) is 0 Å². The molecule has 3 fully saturated rings. The first-order chi connectivity index (χ1) is 12.9. The third-order valence-electron chi connectivity index (χ3n) is 6.98. The van der Waals surface area contributed by atoms with Crippen molar-refractivity contribution in [1.82, 2.24) is 0 Å². The van der Waals surface area contributed by atoms with Crippen LogP contribution in [-0.2, 0) is 4.74 Å². The van der Waals surface area contributed by atoms with E-state index in [0.717, 1.165) is 18.8 Å². The topological polar surface area (TPSA) is 9.23 Å². The Labute approximate surface area is 161 Å². The molecule has 0 heterocycles. The van der Waals surface area contributed by atoms with Crippen LogP contribution in [0.15, 0.2) is 0 Å². The van der Waals surface area contributed by atoms with Crippen LogP contribution in [-0.4, -0.2) is 24.6 Å². The highest BCUT2D eigenvalue weighted by molar-refractivity contribution is 5.09. The lowest BCUT2D eigenvalue weighted by Crippen LogP contribution is -2.41. The number of ether oxygens (including phenoxy) is 1. The molecule has 3 unspecified atom stereocenters. The van der Waals surface area contributed by atoms with Crippen LogP contribution in [0.25, 0.3) is 0 Å². The number of hydrogen-bond donors (Lipinski definition) is 0. The number of alkyl halides is 4. The third kappa shape index (κ3) is 5.61. The summed E-state index contributed by atoms with van der Waals surface area (Å²) < 4.78 is 60.7. The second-order valence-electron chi connectivity index (χ2n) is 8.87. The van der Waals surface area contributed by atoms with Crippen molar-refractivity contribution < 1.29 is 22.3 Å². The Balaban J connectivity index is 1.43. The average Bonchev–Trinajstić information content (AvgIpc) is 2.66. The number of rotatable bonds is 6. The summed E-state index contributed by atoms with van der Waals surface area (Å²) in [6.07, 6.45) is 2.23. The number of hydrogen-bond acceptors (Lipinski definition) is 1. The summed E-state index contributed by atoms with van der Waals surface area (Å²) in [4.78, 5) is 0. The van der Waals surface area contributed by atoms with Gasteiger partial charge in [0.25, 0.3) is 0 Å². The third-order valence-corrected chi connectivity index (χ3v) is 6.98. The first kappa shape index (κ1) is 21.4. The fraction of sp³-hybridized carbons (Fsp3) is 0.909. The van der Waals surface area contributed by atoms with Gasteiger partial charge in [-0.15, -0.1) is 0 Å². The standard InChI is InChI=1S/C22H34F4O/c1-2-3-15-4-6-16(7-5-15)17-8-10-18(11-9-17)22(25,26)27-19-12-13-20(23)21(24)14-19/h15,17,19-21H,2-14H2,1H3. The molecule has 27 heavy (non-hydrogen) atoms. The predicted octanol–water partition coefficient (Wildman–Crippen LogP) is 7.15. The van der Waals surface area contributed by atoms with Gasteiger partial charge in [0.2, 0.25) is 0 Å². The normalized spacial score (nSPS) is 33.4. The first-order valence-electron chi connectivity index (χ1n) is 10.9. The van der Waals surface area contributed by atoms with Gasteiger partial charge in [-0.3, -0.25) is 0 Å². The number of halogens is 4. The summed E-state index contributed by atoms with van der Waals surface area (Å²) in [7, 11) is 0. The summed E-state index contributed by atoms with van der Waals surface area (Å²) in [6.45, 7) is 2.23. The minimum atomic E-state index is -3.30. The average molecular weight is 391 g/mol. The van der Waals surface area contributed by atoms with Gasteiger partial charge in [0.15, 0.2) is 0 Å². The van der Waals surface area contributed by atoms with E-state index >= 15 is 0 Å². The minimum Gasteiger partial charge on any atom is -0.317 e. The molecule has 0 saturated heterocycles. The zero-order valence-electron chi connectivity index (χ0n) is 16.5. The van der Waals surface area contributed by atoms with Crippen molar-refractivity contribution in [2.24, 2.45) is 11.8 Å². The molecule has 1 nitrogen and oxygen atoms in total. The maximum Gasteiger partial charge on any atom is 0.362 e. The van der Waals surface area contributed by atoms with Gasteiger partial charge in [-0.25, -0.2) is 8.78 Å². The van der Waals surface area contributed by atoms with Crippen molar-refractivity contribution in [1.29, 1.82) is 0 Å². The Hall–Kier alpha value is -0.320. The Kier molecular flexibility index (Phi) is 7.49. The predicted molar refractivity (Wildman–Crippen MR) is 98.8 cm³/mol. The molecule has 0 aromatic heterocycles. The lowest BCUT2D eigenvalue weighted by molar-refractivity contribution is -0.263. The molecule has 0 aliphatic heterocycles. The largest absolute Gasteiger partial charge is 0.362 e. The molecular weight excluding hydrogens is 356 g/mol. The quantitative estimate of drug-likeness (QED) is 0.437. The first-order valence-corrected chi connectivity index (χ1v) is 10.9. The molecule has 0 amide bonds. The molecule has 0 N–H and O–H groups in total.